The molecule has 0 aliphatic carbocycles. The van der Waals surface area contributed by atoms with Gasteiger partial charge in [-0.25, -0.2) is 4.98 Å². The number of rotatable bonds is 3. The van der Waals surface area contributed by atoms with Gasteiger partial charge in [0.05, 0.1) is 19.8 Å². The monoisotopic (exact) mass is 291 g/mol. The van der Waals surface area contributed by atoms with Crippen molar-refractivity contribution in [1.82, 2.24) is 9.97 Å². The van der Waals surface area contributed by atoms with Gasteiger partial charge in [-0.3, -0.25) is 0 Å². The van der Waals surface area contributed by atoms with E-state index in [4.69, 9.17) is 9.47 Å². The molecular formula is C14H17N3O2S. The largest absolute Gasteiger partial charge is 0.481 e. The van der Waals surface area contributed by atoms with Crippen molar-refractivity contribution in [2.75, 3.05) is 25.1 Å². The maximum atomic E-state index is 6.02. The molecule has 1 aliphatic rings. The van der Waals surface area contributed by atoms with Gasteiger partial charge in [0.25, 0.3) is 0 Å². The van der Waals surface area contributed by atoms with E-state index in [9.17, 15) is 0 Å². The molecule has 6 heteroatoms. The molecule has 20 heavy (non-hydrogen) atoms. The number of hydrogen-bond donors (Lipinski definition) is 0. The highest BCUT2D eigenvalue weighted by atomic mass is 32.1. The molecule has 0 bridgehead atoms. The van der Waals surface area contributed by atoms with Crippen molar-refractivity contribution >= 4 is 17.3 Å². The van der Waals surface area contributed by atoms with Crippen molar-refractivity contribution in [2.24, 2.45) is 0 Å². The topological polar surface area (TPSA) is 47.5 Å². The minimum Gasteiger partial charge on any atom is -0.481 e. The average Bonchev–Trinajstić information content (AvgIpc) is 3.01. The van der Waals surface area contributed by atoms with Crippen LogP contribution in [0.1, 0.15) is 18.6 Å². The fourth-order valence-electron chi connectivity index (χ4n) is 2.36. The molecule has 3 rings (SSSR count). The lowest BCUT2D eigenvalue weighted by Gasteiger charge is -2.36. The van der Waals surface area contributed by atoms with Crippen molar-refractivity contribution in [1.29, 1.82) is 0 Å². The predicted molar refractivity (Wildman–Crippen MR) is 78.4 cm³/mol. The third kappa shape index (κ3) is 2.76. The molecule has 1 fully saturated rings. The molecule has 0 amide bonds. The molecule has 5 nitrogen and oxygen atoms in total. The molecule has 2 aromatic rings. The SMILES string of the molecule is COc1ccnc(N2CC(C)OC(c3ccsc3)C2)n1. The van der Waals surface area contributed by atoms with Crippen LogP contribution in [0.2, 0.25) is 0 Å². The third-order valence-corrected chi connectivity index (χ3v) is 3.99. The summed E-state index contributed by atoms with van der Waals surface area (Å²) in [6.45, 7) is 3.62. The molecule has 0 spiro atoms. The second-order valence-corrected chi connectivity index (χ2v) is 5.58. The van der Waals surface area contributed by atoms with Gasteiger partial charge in [-0.05, 0) is 29.3 Å². The van der Waals surface area contributed by atoms with E-state index >= 15 is 0 Å². The molecule has 2 unspecified atom stereocenters. The number of hydrogen-bond acceptors (Lipinski definition) is 6. The summed E-state index contributed by atoms with van der Waals surface area (Å²) < 4.78 is 11.2. The van der Waals surface area contributed by atoms with Gasteiger partial charge in [0.15, 0.2) is 0 Å². The second kappa shape index (κ2) is 5.76. The number of anilines is 1. The van der Waals surface area contributed by atoms with E-state index < -0.39 is 0 Å². The number of methoxy groups -OCH3 is 1. The molecular weight excluding hydrogens is 274 g/mol. The highest BCUT2D eigenvalue weighted by molar-refractivity contribution is 7.07. The summed E-state index contributed by atoms with van der Waals surface area (Å²) in [4.78, 5) is 10.9. The van der Waals surface area contributed by atoms with Crippen molar-refractivity contribution < 1.29 is 9.47 Å². The standard InChI is InChI=1S/C14H17N3O2S/c1-10-7-17(14-15-5-3-13(16-14)18-2)8-12(19-10)11-4-6-20-9-11/h3-6,9-10,12H,7-8H2,1-2H3. The van der Waals surface area contributed by atoms with E-state index in [0.717, 1.165) is 13.1 Å². The Morgan fingerprint density at radius 3 is 3.05 bits per heavy atom. The first-order valence-corrected chi connectivity index (χ1v) is 7.50. The Kier molecular flexibility index (Phi) is 3.84. The van der Waals surface area contributed by atoms with E-state index in [1.54, 1.807) is 30.7 Å². The molecule has 0 aromatic carbocycles. The van der Waals surface area contributed by atoms with Crippen LogP contribution in [0.15, 0.2) is 29.1 Å². The minimum absolute atomic E-state index is 0.0693. The van der Waals surface area contributed by atoms with Gasteiger partial charge in [-0.1, -0.05) is 0 Å². The highest BCUT2D eigenvalue weighted by Crippen LogP contribution is 2.28. The van der Waals surface area contributed by atoms with E-state index in [0.29, 0.717) is 11.8 Å². The Morgan fingerprint density at radius 2 is 2.30 bits per heavy atom. The Hall–Kier alpha value is -1.66. The van der Waals surface area contributed by atoms with Crippen molar-refractivity contribution in [3.05, 3.63) is 34.7 Å². The summed E-state index contributed by atoms with van der Waals surface area (Å²) in [6.07, 6.45) is 1.93. The number of ether oxygens (including phenoxy) is 2. The molecule has 0 radical (unpaired) electrons. The summed E-state index contributed by atoms with van der Waals surface area (Å²) in [5.41, 5.74) is 1.22. The van der Waals surface area contributed by atoms with Gasteiger partial charge >= 0.3 is 0 Å². The van der Waals surface area contributed by atoms with Crippen LogP contribution in [0, 0.1) is 0 Å². The number of aromatic nitrogens is 2. The van der Waals surface area contributed by atoms with Gasteiger partial charge in [0, 0.05) is 18.8 Å². The van der Waals surface area contributed by atoms with Gasteiger partial charge in [0.2, 0.25) is 11.8 Å². The maximum absolute atomic E-state index is 6.02. The average molecular weight is 291 g/mol. The summed E-state index contributed by atoms with van der Waals surface area (Å²) >= 11 is 1.69. The zero-order valence-corrected chi connectivity index (χ0v) is 12.3. The lowest BCUT2D eigenvalue weighted by atomic mass is 10.1. The minimum atomic E-state index is 0.0693. The van der Waals surface area contributed by atoms with Crippen LogP contribution in [-0.4, -0.2) is 36.3 Å². The first-order valence-electron chi connectivity index (χ1n) is 6.56. The lowest BCUT2D eigenvalue weighted by molar-refractivity contribution is -0.0176. The van der Waals surface area contributed by atoms with Gasteiger partial charge in [-0.15, -0.1) is 0 Å². The molecule has 2 aromatic heterocycles. The molecule has 1 saturated heterocycles. The van der Waals surface area contributed by atoms with Gasteiger partial charge in [-0.2, -0.15) is 16.3 Å². The Labute approximate surface area is 122 Å². The van der Waals surface area contributed by atoms with Crippen LogP contribution in [0.3, 0.4) is 0 Å². The van der Waals surface area contributed by atoms with Crippen LogP contribution in [0.4, 0.5) is 5.95 Å². The lowest BCUT2D eigenvalue weighted by Crippen LogP contribution is -2.43. The van der Waals surface area contributed by atoms with Crippen molar-refractivity contribution in [3.8, 4) is 5.88 Å². The summed E-state index contributed by atoms with van der Waals surface area (Å²) in [5, 5.41) is 4.21. The predicted octanol–water partition coefficient (Wildman–Crippen LogP) is 2.51. The third-order valence-electron chi connectivity index (χ3n) is 3.28. The smallest absolute Gasteiger partial charge is 0.228 e. The zero-order valence-electron chi connectivity index (χ0n) is 11.5. The highest BCUT2D eigenvalue weighted by Gasteiger charge is 2.28. The van der Waals surface area contributed by atoms with Gasteiger partial charge < -0.3 is 14.4 Å². The number of thiophene rings is 1. The summed E-state index contributed by atoms with van der Waals surface area (Å²) in [6, 6.07) is 3.86. The van der Waals surface area contributed by atoms with E-state index in [-0.39, 0.29) is 12.2 Å². The fraction of sp³-hybridized carbons (Fsp3) is 0.429. The summed E-state index contributed by atoms with van der Waals surface area (Å²) in [5.74, 6) is 1.28. The quantitative estimate of drug-likeness (QED) is 0.869. The van der Waals surface area contributed by atoms with Crippen LogP contribution in [0.25, 0.3) is 0 Å². The molecule has 2 atom stereocenters. The molecule has 0 N–H and O–H groups in total. The maximum Gasteiger partial charge on any atom is 0.228 e. The van der Waals surface area contributed by atoms with E-state index in [2.05, 4.69) is 38.6 Å². The molecule has 106 valence electrons. The van der Waals surface area contributed by atoms with Gasteiger partial charge in [0.1, 0.15) is 6.10 Å². The Bertz CT molecular complexity index is 561. The van der Waals surface area contributed by atoms with Crippen LogP contribution < -0.4 is 9.64 Å². The Balaban J connectivity index is 1.82. The first kappa shape index (κ1) is 13.3. The molecule has 1 aliphatic heterocycles. The zero-order chi connectivity index (χ0) is 13.9. The first-order chi connectivity index (χ1) is 9.76. The second-order valence-electron chi connectivity index (χ2n) is 4.80. The van der Waals surface area contributed by atoms with Crippen molar-refractivity contribution in [3.63, 3.8) is 0 Å². The van der Waals surface area contributed by atoms with Crippen LogP contribution in [-0.2, 0) is 4.74 Å². The van der Waals surface area contributed by atoms with E-state index in [1.807, 2.05) is 0 Å². The van der Waals surface area contributed by atoms with Crippen LogP contribution in [0.5, 0.6) is 5.88 Å². The number of nitrogens with zero attached hydrogens (tertiary/aromatic N) is 3. The van der Waals surface area contributed by atoms with Crippen molar-refractivity contribution in [2.45, 2.75) is 19.1 Å². The Morgan fingerprint density at radius 1 is 1.40 bits per heavy atom. The van der Waals surface area contributed by atoms with Crippen LogP contribution >= 0.6 is 11.3 Å². The summed E-state index contributed by atoms with van der Waals surface area (Å²) in [7, 11) is 1.61. The normalized spacial score (nSPS) is 22.8. The molecule has 0 saturated carbocycles. The molecule has 3 heterocycles. The van der Waals surface area contributed by atoms with E-state index in [1.165, 1.54) is 5.56 Å². The number of morpholine rings is 1. The fourth-order valence-corrected chi connectivity index (χ4v) is 3.06.